The molecule has 2 aromatic rings. The number of anilines is 1. The van der Waals surface area contributed by atoms with Crippen LogP contribution in [0.1, 0.15) is 45.7 Å². The van der Waals surface area contributed by atoms with Gasteiger partial charge in [-0.25, -0.2) is 4.58 Å². The molecule has 0 bridgehead atoms. The number of carboxylic acids is 1. The van der Waals surface area contributed by atoms with Gasteiger partial charge >= 0.3 is 0 Å². The van der Waals surface area contributed by atoms with Crippen LogP contribution in [0.4, 0.5) is 5.69 Å². The standard InChI is InChI=1S/C34H43N3O5Si/c1-8-37(9-2)25-12-15-28-31(22-25)43(6,7)30-21-24(36(3)4)11-14-27(30)32(28)29-20-23(10-13-26(29)34(39)40)33(38)35-16-17-42-19-18-41-5/h10-15,20-22H,8-9,16-19H2,1-7H3,(H-,35,38,39,40). The van der Waals surface area contributed by atoms with Crippen LogP contribution in [0.5, 0.6) is 0 Å². The first-order valence-corrected chi connectivity index (χ1v) is 17.8. The first-order valence-electron chi connectivity index (χ1n) is 14.8. The van der Waals surface area contributed by atoms with Crippen LogP contribution < -0.4 is 20.5 Å². The van der Waals surface area contributed by atoms with Crippen molar-refractivity contribution in [2.75, 3.05) is 65.6 Å². The van der Waals surface area contributed by atoms with E-state index in [1.54, 1.807) is 13.2 Å². The number of nitrogens with one attached hydrogen (secondary N) is 1. The number of carboxylic acid groups (broad SMARTS) is 1. The van der Waals surface area contributed by atoms with Crippen LogP contribution in [0.25, 0.3) is 5.57 Å². The number of hydrogen-bond donors (Lipinski definition) is 1. The van der Waals surface area contributed by atoms with Gasteiger partial charge in [-0.3, -0.25) is 4.79 Å². The van der Waals surface area contributed by atoms with Gasteiger partial charge in [0, 0.05) is 55.7 Å². The Labute approximate surface area is 256 Å². The molecule has 0 fully saturated rings. The number of aromatic carboxylic acids is 1. The van der Waals surface area contributed by atoms with Crippen molar-refractivity contribution in [2.24, 2.45) is 0 Å². The third-order valence-corrected chi connectivity index (χ3v) is 11.8. The van der Waals surface area contributed by atoms with Crippen molar-refractivity contribution in [3.63, 3.8) is 0 Å². The van der Waals surface area contributed by atoms with Crippen LogP contribution in [0.3, 0.4) is 0 Å². The highest BCUT2D eigenvalue weighted by molar-refractivity contribution is 6.98. The molecule has 4 rings (SSSR count). The monoisotopic (exact) mass is 601 g/mol. The predicted octanol–water partition coefficient (Wildman–Crippen LogP) is 2.77. The lowest BCUT2D eigenvalue weighted by Crippen LogP contribution is -2.50. The average Bonchev–Trinajstić information content (AvgIpc) is 2.99. The summed E-state index contributed by atoms with van der Waals surface area (Å²) in [6.07, 6.45) is 6.41. The van der Waals surface area contributed by atoms with Crippen LogP contribution in [0.15, 0.2) is 65.4 Å². The van der Waals surface area contributed by atoms with Crippen molar-refractivity contribution in [3.8, 4) is 0 Å². The van der Waals surface area contributed by atoms with Crippen molar-refractivity contribution in [1.29, 1.82) is 0 Å². The minimum Gasteiger partial charge on any atom is -0.545 e. The molecule has 0 atom stereocenters. The summed E-state index contributed by atoms with van der Waals surface area (Å²) in [6.45, 7) is 12.4. The summed E-state index contributed by atoms with van der Waals surface area (Å²) >= 11 is 0. The molecule has 0 unspecified atom stereocenters. The Kier molecular flexibility index (Phi) is 10.2. The molecule has 1 aliphatic heterocycles. The Hall–Kier alpha value is -3.79. The maximum absolute atomic E-state index is 13.2. The summed E-state index contributed by atoms with van der Waals surface area (Å²) in [7, 11) is 3.41. The molecule has 2 aromatic carbocycles. The molecule has 228 valence electrons. The fourth-order valence-electron chi connectivity index (χ4n) is 5.83. The number of fused-ring (bicyclic) bond motifs is 2. The van der Waals surface area contributed by atoms with E-state index in [-0.39, 0.29) is 11.5 Å². The van der Waals surface area contributed by atoms with E-state index in [2.05, 4.69) is 78.2 Å². The van der Waals surface area contributed by atoms with Crippen LogP contribution in [0.2, 0.25) is 13.1 Å². The number of amides is 1. The Balaban J connectivity index is 1.90. The molecule has 1 aliphatic carbocycles. The molecular weight excluding hydrogens is 558 g/mol. The normalized spacial score (nSPS) is 15.0. The van der Waals surface area contributed by atoms with Gasteiger partial charge in [0.15, 0.2) is 5.71 Å². The molecular formula is C34H43N3O5Si. The summed E-state index contributed by atoms with van der Waals surface area (Å²) in [5, 5.41) is 17.8. The summed E-state index contributed by atoms with van der Waals surface area (Å²) < 4.78 is 12.5. The second-order valence-electron chi connectivity index (χ2n) is 11.4. The summed E-state index contributed by atoms with van der Waals surface area (Å²) in [6, 6.07) is 11.2. The first-order chi connectivity index (χ1) is 20.5. The molecule has 9 heteroatoms. The zero-order valence-electron chi connectivity index (χ0n) is 26.4. The quantitative estimate of drug-likeness (QED) is 0.229. The minimum absolute atomic E-state index is 0.0530. The van der Waals surface area contributed by atoms with E-state index in [1.165, 1.54) is 22.5 Å². The number of nitrogens with zero attached hydrogens (tertiary/aromatic N) is 2. The number of carbonyl (C=O) groups is 2. The van der Waals surface area contributed by atoms with Crippen LogP contribution in [0, 0.1) is 0 Å². The van der Waals surface area contributed by atoms with Crippen molar-refractivity contribution in [2.45, 2.75) is 26.9 Å². The van der Waals surface area contributed by atoms with Crippen molar-refractivity contribution >= 4 is 42.1 Å². The maximum atomic E-state index is 13.2. The van der Waals surface area contributed by atoms with Gasteiger partial charge in [-0.1, -0.05) is 25.2 Å². The molecule has 1 N–H and O–H groups in total. The van der Waals surface area contributed by atoms with Crippen LogP contribution in [-0.2, 0) is 9.47 Å². The topological polar surface area (TPSA) is 93.9 Å². The Morgan fingerprint density at radius 3 is 2.37 bits per heavy atom. The summed E-state index contributed by atoms with van der Waals surface area (Å²) in [5.41, 5.74) is 5.95. The molecule has 1 heterocycles. The fourth-order valence-corrected chi connectivity index (χ4v) is 8.90. The third-order valence-electron chi connectivity index (χ3n) is 8.27. The third kappa shape index (κ3) is 6.59. The molecule has 1 amide bonds. The van der Waals surface area contributed by atoms with Gasteiger partial charge < -0.3 is 29.6 Å². The van der Waals surface area contributed by atoms with Gasteiger partial charge in [-0.05, 0) is 76.8 Å². The van der Waals surface area contributed by atoms with E-state index in [9.17, 15) is 14.7 Å². The number of allylic oxidation sites excluding steroid dienone is 5. The number of methoxy groups -OCH3 is 1. The van der Waals surface area contributed by atoms with Crippen LogP contribution >= 0.6 is 0 Å². The first kappa shape index (κ1) is 32.1. The van der Waals surface area contributed by atoms with Gasteiger partial charge in [0.05, 0.1) is 25.8 Å². The van der Waals surface area contributed by atoms with E-state index in [0.717, 1.165) is 41.2 Å². The van der Waals surface area contributed by atoms with E-state index in [4.69, 9.17) is 9.47 Å². The summed E-state index contributed by atoms with van der Waals surface area (Å²) in [4.78, 5) is 28.0. The van der Waals surface area contributed by atoms with E-state index < -0.39 is 14.0 Å². The lowest BCUT2D eigenvalue weighted by Gasteiger charge is -2.39. The zero-order valence-corrected chi connectivity index (χ0v) is 27.4. The van der Waals surface area contributed by atoms with E-state index >= 15 is 0 Å². The van der Waals surface area contributed by atoms with Gasteiger partial charge in [0.25, 0.3) is 5.91 Å². The Bertz CT molecular complexity index is 1530. The molecule has 43 heavy (non-hydrogen) atoms. The number of benzene rings is 2. The van der Waals surface area contributed by atoms with Gasteiger partial charge in [-0.15, -0.1) is 0 Å². The van der Waals surface area contributed by atoms with Gasteiger partial charge in [0.1, 0.15) is 22.2 Å². The molecule has 0 aromatic heterocycles. The van der Waals surface area contributed by atoms with Crippen LogP contribution in [-0.4, -0.2) is 90.9 Å². The highest BCUT2D eigenvalue weighted by atomic mass is 28.3. The maximum Gasteiger partial charge on any atom is 0.251 e. The van der Waals surface area contributed by atoms with E-state index in [1.807, 2.05) is 14.1 Å². The fraction of sp³-hybridized carbons (Fsp3) is 0.382. The average molecular weight is 602 g/mol. The lowest BCUT2D eigenvalue weighted by molar-refractivity contribution is -0.462. The molecule has 2 aliphatic rings. The number of carbonyl (C=O) groups excluding carboxylic acids is 2. The van der Waals surface area contributed by atoms with Gasteiger partial charge in [0.2, 0.25) is 0 Å². The molecule has 0 spiro atoms. The Morgan fingerprint density at radius 1 is 0.977 bits per heavy atom. The molecule has 0 saturated carbocycles. The van der Waals surface area contributed by atoms with Crippen molar-refractivity contribution in [1.82, 2.24) is 5.32 Å². The van der Waals surface area contributed by atoms with Crippen molar-refractivity contribution < 1.29 is 28.7 Å². The minimum atomic E-state index is -2.24. The molecule has 8 nitrogen and oxygen atoms in total. The highest BCUT2D eigenvalue weighted by Gasteiger charge is 2.41. The molecule has 0 radical (unpaired) electrons. The largest absolute Gasteiger partial charge is 0.545 e. The van der Waals surface area contributed by atoms with Gasteiger partial charge in [-0.2, -0.15) is 0 Å². The highest BCUT2D eigenvalue weighted by Crippen LogP contribution is 2.43. The summed E-state index contributed by atoms with van der Waals surface area (Å²) in [5.74, 6) is -1.58. The second kappa shape index (κ2) is 13.7. The van der Waals surface area contributed by atoms with E-state index in [0.29, 0.717) is 37.5 Å². The predicted molar refractivity (Wildman–Crippen MR) is 173 cm³/mol. The van der Waals surface area contributed by atoms with Crippen molar-refractivity contribution in [3.05, 3.63) is 87.6 Å². The Morgan fingerprint density at radius 2 is 1.72 bits per heavy atom. The smallest absolute Gasteiger partial charge is 0.251 e. The zero-order chi connectivity index (χ0) is 31.3. The number of rotatable bonds is 12. The second-order valence-corrected chi connectivity index (χ2v) is 15.8. The number of hydrogen-bond acceptors (Lipinski definition) is 6. The molecule has 0 saturated heterocycles. The number of ether oxygens (including phenoxy) is 2. The SMILES string of the molecule is CCN(CC)c1ccc2c(c1)[Si](C)(C)C1=CC(=[N+](C)C)C=CC1=C2c1cc(C(=O)NCCOCCOC)ccc1C(=O)[O-]. The lowest BCUT2D eigenvalue weighted by atomic mass is 9.86.